The van der Waals surface area contributed by atoms with E-state index in [0.717, 1.165) is 40.1 Å². The molecule has 8 heteroatoms. The molecule has 1 amide bonds. The molecule has 166 valence electrons. The SMILES string of the molecule is CCC1=NNC(=O)C12CCN(c1c(Cl)cncc1-c1ccc(/C(C=N)=C/NC)cc1)CC2. The van der Waals surface area contributed by atoms with E-state index in [1.54, 1.807) is 12.4 Å². The summed E-state index contributed by atoms with van der Waals surface area (Å²) in [6, 6.07) is 8.03. The van der Waals surface area contributed by atoms with Gasteiger partial charge in [0.25, 0.3) is 5.91 Å². The van der Waals surface area contributed by atoms with E-state index in [4.69, 9.17) is 17.0 Å². The first-order chi connectivity index (χ1) is 15.5. The minimum atomic E-state index is -0.491. The highest BCUT2D eigenvalue weighted by molar-refractivity contribution is 6.34. The first-order valence-corrected chi connectivity index (χ1v) is 11.2. The van der Waals surface area contributed by atoms with Gasteiger partial charge in [0.15, 0.2) is 0 Å². The Morgan fingerprint density at radius 3 is 2.62 bits per heavy atom. The number of nitrogens with zero attached hydrogens (tertiary/aromatic N) is 3. The molecule has 1 saturated heterocycles. The molecule has 2 aromatic rings. The van der Waals surface area contributed by atoms with Crippen molar-refractivity contribution < 1.29 is 4.79 Å². The smallest absolute Gasteiger partial charge is 0.252 e. The third-order valence-corrected chi connectivity index (χ3v) is 6.68. The van der Waals surface area contributed by atoms with Gasteiger partial charge in [-0.15, -0.1) is 0 Å². The highest BCUT2D eigenvalue weighted by Gasteiger charge is 2.48. The van der Waals surface area contributed by atoms with E-state index in [9.17, 15) is 4.79 Å². The number of halogens is 1. The van der Waals surface area contributed by atoms with Crippen molar-refractivity contribution in [1.82, 2.24) is 15.7 Å². The van der Waals surface area contributed by atoms with Crippen molar-refractivity contribution in [3.63, 3.8) is 0 Å². The zero-order chi connectivity index (χ0) is 22.7. The topological polar surface area (TPSA) is 93.5 Å². The van der Waals surface area contributed by atoms with Crippen molar-refractivity contribution in [2.24, 2.45) is 10.5 Å². The highest BCUT2D eigenvalue weighted by Crippen LogP contribution is 2.43. The van der Waals surface area contributed by atoms with E-state index in [0.29, 0.717) is 31.0 Å². The Hall–Kier alpha value is -3.19. The fraction of sp³-hybridized carbons (Fsp3) is 0.333. The molecular weight excluding hydrogens is 424 g/mol. The molecule has 3 heterocycles. The highest BCUT2D eigenvalue weighted by atomic mass is 35.5. The van der Waals surface area contributed by atoms with Crippen LogP contribution in [0.5, 0.6) is 0 Å². The third kappa shape index (κ3) is 3.77. The predicted octanol–water partition coefficient (Wildman–Crippen LogP) is 4.09. The van der Waals surface area contributed by atoms with E-state index in [2.05, 4.69) is 25.7 Å². The molecule has 2 aliphatic heterocycles. The molecule has 0 saturated carbocycles. The number of hydrogen-bond acceptors (Lipinski definition) is 6. The molecule has 0 atom stereocenters. The van der Waals surface area contributed by atoms with Crippen LogP contribution in [0, 0.1) is 10.8 Å². The van der Waals surface area contributed by atoms with Gasteiger partial charge in [-0.2, -0.15) is 5.10 Å². The summed E-state index contributed by atoms with van der Waals surface area (Å²) >= 11 is 6.64. The van der Waals surface area contributed by atoms with Crippen LogP contribution in [0.25, 0.3) is 16.7 Å². The van der Waals surface area contributed by atoms with Gasteiger partial charge >= 0.3 is 0 Å². The molecule has 4 rings (SSSR count). The molecule has 1 fully saturated rings. The second-order valence-electron chi connectivity index (χ2n) is 8.05. The van der Waals surface area contributed by atoms with Gasteiger partial charge in [-0.25, -0.2) is 5.43 Å². The average Bonchev–Trinajstić information content (AvgIpc) is 3.13. The van der Waals surface area contributed by atoms with Crippen LogP contribution in [-0.4, -0.2) is 43.0 Å². The largest absolute Gasteiger partial charge is 0.393 e. The lowest BCUT2D eigenvalue weighted by molar-refractivity contribution is -0.127. The minimum Gasteiger partial charge on any atom is -0.393 e. The van der Waals surface area contributed by atoms with E-state index < -0.39 is 5.41 Å². The standard InChI is InChI=1S/C24H27ClN6O/c1-3-21-24(23(32)30-29-21)8-10-31(11-9-24)22-19(14-28-15-20(22)25)17-6-4-16(5-7-17)18(12-26)13-27-2/h4-7,12-15,26-27H,3,8-11H2,1-2H3,(H,30,32)/b18-13+,26-12?. The van der Waals surface area contributed by atoms with Gasteiger partial charge in [0.1, 0.15) is 0 Å². The number of aromatic nitrogens is 1. The Bertz CT molecular complexity index is 1080. The number of hydrogen-bond donors (Lipinski definition) is 3. The second kappa shape index (κ2) is 9.12. The fourth-order valence-electron chi connectivity index (χ4n) is 4.68. The number of benzene rings is 1. The molecule has 0 radical (unpaired) electrons. The molecule has 2 aliphatic rings. The quantitative estimate of drug-likeness (QED) is 0.578. The number of pyridine rings is 1. The maximum absolute atomic E-state index is 12.6. The Kier molecular flexibility index (Phi) is 6.28. The van der Waals surface area contributed by atoms with Crippen molar-refractivity contribution >= 4 is 40.7 Å². The van der Waals surface area contributed by atoms with Crippen molar-refractivity contribution in [3.05, 3.63) is 53.4 Å². The van der Waals surface area contributed by atoms with Crippen LogP contribution in [0.3, 0.4) is 0 Å². The molecule has 1 aromatic carbocycles. The normalized spacial score (nSPS) is 17.8. The molecule has 7 nitrogen and oxygen atoms in total. The van der Waals surface area contributed by atoms with Gasteiger partial charge in [0, 0.05) is 56.1 Å². The van der Waals surface area contributed by atoms with Gasteiger partial charge in [-0.05, 0) is 30.4 Å². The van der Waals surface area contributed by atoms with Gasteiger partial charge in [0.2, 0.25) is 0 Å². The van der Waals surface area contributed by atoms with Crippen molar-refractivity contribution in [3.8, 4) is 11.1 Å². The summed E-state index contributed by atoms with van der Waals surface area (Å²) in [5.41, 5.74) is 7.79. The van der Waals surface area contributed by atoms with Gasteiger partial charge in [-0.3, -0.25) is 9.78 Å². The van der Waals surface area contributed by atoms with E-state index >= 15 is 0 Å². The number of rotatable bonds is 6. The van der Waals surface area contributed by atoms with Crippen LogP contribution >= 0.6 is 11.6 Å². The summed E-state index contributed by atoms with van der Waals surface area (Å²) in [7, 11) is 1.81. The lowest BCUT2D eigenvalue weighted by Gasteiger charge is -2.40. The zero-order valence-corrected chi connectivity index (χ0v) is 19.0. The number of carbonyl (C=O) groups excluding carboxylic acids is 1. The Morgan fingerprint density at radius 1 is 1.28 bits per heavy atom. The van der Waals surface area contributed by atoms with Crippen molar-refractivity contribution in [1.29, 1.82) is 5.41 Å². The van der Waals surface area contributed by atoms with Crippen LogP contribution < -0.4 is 15.6 Å². The minimum absolute atomic E-state index is 0.0160. The summed E-state index contributed by atoms with van der Waals surface area (Å²) < 4.78 is 0. The Balaban J connectivity index is 1.63. The van der Waals surface area contributed by atoms with Gasteiger partial charge < -0.3 is 15.6 Å². The number of nitrogens with one attached hydrogen (secondary N) is 3. The fourth-order valence-corrected chi connectivity index (χ4v) is 4.95. The summed E-state index contributed by atoms with van der Waals surface area (Å²) in [4.78, 5) is 19.2. The molecular formula is C24H27ClN6O. The zero-order valence-electron chi connectivity index (χ0n) is 18.3. The first kappa shape index (κ1) is 22.0. The van der Waals surface area contributed by atoms with E-state index in [1.165, 1.54) is 6.21 Å². The van der Waals surface area contributed by atoms with Crippen LogP contribution in [-0.2, 0) is 4.79 Å². The van der Waals surface area contributed by atoms with Crippen LogP contribution in [0.2, 0.25) is 5.02 Å². The van der Waals surface area contributed by atoms with Crippen molar-refractivity contribution in [2.75, 3.05) is 25.0 Å². The molecule has 1 spiro atoms. The average molecular weight is 451 g/mol. The van der Waals surface area contributed by atoms with Gasteiger partial charge in [0.05, 0.1) is 21.8 Å². The number of piperidine rings is 1. The third-order valence-electron chi connectivity index (χ3n) is 6.41. The second-order valence-corrected chi connectivity index (χ2v) is 8.46. The van der Waals surface area contributed by atoms with E-state index in [-0.39, 0.29) is 5.91 Å². The number of allylic oxidation sites excluding steroid dienone is 1. The maximum atomic E-state index is 12.6. The lowest BCUT2D eigenvalue weighted by Crippen LogP contribution is -2.48. The van der Waals surface area contributed by atoms with E-state index in [1.807, 2.05) is 44.4 Å². The predicted molar refractivity (Wildman–Crippen MR) is 130 cm³/mol. The maximum Gasteiger partial charge on any atom is 0.252 e. The van der Waals surface area contributed by atoms with Crippen LogP contribution in [0.15, 0.2) is 48.0 Å². The Morgan fingerprint density at radius 2 is 2.00 bits per heavy atom. The number of anilines is 1. The summed E-state index contributed by atoms with van der Waals surface area (Å²) in [6.45, 7) is 3.47. The molecule has 32 heavy (non-hydrogen) atoms. The number of amides is 1. The monoisotopic (exact) mass is 450 g/mol. The summed E-state index contributed by atoms with van der Waals surface area (Å²) in [5, 5.41) is 15.5. The number of carbonyl (C=O) groups is 1. The molecule has 3 N–H and O–H groups in total. The first-order valence-electron chi connectivity index (χ1n) is 10.8. The van der Waals surface area contributed by atoms with Crippen molar-refractivity contribution in [2.45, 2.75) is 26.2 Å². The van der Waals surface area contributed by atoms with Gasteiger partial charge in [-0.1, -0.05) is 42.8 Å². The molecule has 0 unspecified atom stereocenters. The molecule has 0 aliphatic carbocycles. The lowest BCUT2D eigenvalue weighted by atomic mass is 9.73. The summed E-state index contributed by atoms with van der Waals surface area (Å²) in [5.74, 6) is 0.0160. The molecule has 1 aromatic heterocycles. The van der Waals surface area contributed by atoms with Crippen LogP contribution in [0.4, 0.5) is 5.69 Å². The Labute approximate surface area is 193 Å². The van der Waals surface area contributed by atoms with Crippen LogP contribution in [0.1, 0.15) is 31.7 Å². The summed E-state index contributed by atoms with van der Waals surface area (Å²) in [6.07, 6.45) is 8.82. The number of hydrazone groups is 1. The molecule has 0 bridgehead atoms.